The average Bonchev–Trinajstić information content (AvgIpc) is 2.19. The molecule has 4 nitrogen and oxygen atoms in total. The number of nitrogens with zero attached hydrogens (tertiary/aromatic N) is 2. The van der Waals surface area contributed by atoms with Crippen LogP contribution >= 0.6 is 22.9 Å². The molecule has 0 aliphatic rings. The largest absolute Gasteiger partial charge is 0.260 e. The fraction of sp³-hybridized carbons (Fsp3) is 0.375. The molecule has 14 heavy (non-hydrogen) atoms. The Morgan fingerprint density at radius 3 is 2.71 bits per heavy atom. The molecule has 0 bridgehead atoms. The lowest BCUT2D eigenvalue weighted by Gasteiger charge is -2.12. The Morgan fingerprint density at radius 2 is 2.21 bits per heavy atom. The fourth-order valence-electron chi connectivity index (χ4n) is 0.857. The number of hydrogen-bond acceptors (Lipinski definition) is 3. The van der Waals surface area contributed by atoms with Gasteiger partial charge in [-0.25, -0.2) is 8.42 Å². The van der Waals surface area contributed by atoms with Crippen LogP contribution < -0.4 is 0 Å². The summed E-state index contributed by atoms with van der Waals surface area (Å²) in [6, 6.07) is 5.44. The van der Waals surface area contributed by atoms with Gasteiger partial charge in [-0.1, -0.05) is 6.07 Å². The maximum atomic E-state index is 11.4. The van der Waals surface area contributed by atoms with Crippen LogP contribution in [0.5, 0.6) is 0 Å². The van der Waals surface area contributed by atoms with Crippen molar-refractivity contribution in [3.05, 3.63) is 30.1 Å². The topological polar surface area (TPSA) is 50.3 Å². The third kappa shape index (κ3) is 3.18. The molecule has 0 aliphatic carbocycles. The van der Waals surface area contributed by atoms with Gasteiger partial charge in [-0.2, -0.15) is 0 Å². The van der Waals surface area contributed by atoms with Gasteiger partial charge in [-0.3, -0.25) is 4.98 Å². The molecule has 6 heteroatoms. The number of rotatable bonds is 4. The van der Waals surface area contributed by atoms with Gasteiger partial charge in [0.2, 0.25) is 10.0 Å². The van der Waals surface area contributed by atoms with Gasteiger partial charge < -0.3 is 0 Å². The summed E-state index contributed by atoms with van der Waals surface area (Å²) in [5.74, 6) is 0.114. The van der Waals surface area contributed by atoms with Gasteiger partial charge in [-0.15, -0.1) is 2.52 Å². The van der Waals surface area contributed by atoms with E-state index in [1.807, 2.05) is 6.07 Å². The highest BCUT2D eigenvalue weighted by molar-refractivity contribution is 14.1. The molecule has 0 amide bonds. The second-order valence-electron chi connectivity index (χ2n) is 2.67. The number of halogens is 1. The Bertz CT molecular complexity index is 380. The monoisotopic (exact) mass is 326 g/mol. The molecular weight excluding hydrogens is 315 g/mol. The van der Waals surface area contributed by atoms with Crippen molar-refractivity contribution in [3.63, 3.8) is 0 Å². The predicted octanol–water partition coefficient (Wildman–Crippen LogP) is 1.58. The van der Waals surface area contributed by atoms with Crippen molar-refractivity contribution in [1.29, 1.82) is 0 Å². The Hall–Kier alpha value is -0.210. The summed E-state index contributed by atoms with van der Waals surface area (Å²) < 4.78 is 24.1. The van der Waals surface area contributed by atoms with Crippen molar-refractivity contribution in [3.8, 4) is 0 Å². The third-order valence-corrected chi connectivity index (χ3v) is 5.28. The molecular formula is C8H11IN2O2S. The molecule has 1 rings (SSSR count). The van der Waals surface area contributed by atoms with Crippen molar-refractivity contribution in [1.82, 2.24) is 7.50 Å². The van der Waals surface area contributed by atoms with Gasteiger partial charge in [0.05, 0.1) is 18.0 Å². The van der Waals surface area contributed by atoms with Crippen LogP contribution in [0.1, 0.15) is 12.6 Å². The summed E-state index contributed by atoms with van der Waals surface area (Å²) in [5, 5.41) is 0. The van der Waals surface area contributed by atoms with Crippen molar-refractivity contribution in [2.45, 2.75) is 13.5 Å². The number of hydrogen-bond donors (Lipinski definition) is 0. The van der Waals surface area contributed by atoms with Crippen LogP contribution in [0.2, 0.25) is 0 Å². The van der Waals surface area contributed by atoms with Crippen LogP contribution in [0.3, 0.4) is 0 Å². The minimum Gasteiger partial charge on any atom is -0.260 e. The molecule has 0 unspecified atom stereocenters. The van der Waals surface area contributed by atoms with Gasteiger partial charge >= 0.3 is 0 Å². The molecule has 1 heterocycles. The van der Waals surface area contributed by atoms with Crippen molar-refractivity contribution in [2.24, 2.45) is 0 Å². The Labute approximate surface area is 97.9 Å². The molecule has 0 fully saturated rings. The number of aromatic nitrogens is 1. The van der Waals surface area contributed by atoms with E-state index in [4.69, 9.17) is 0 Å². The summed E-state index contributed by atoms with van der Waals surface area (Å²) in [5.41, 5.74) is 0.749. The van der Waals surface area contributed by atoms with E-state index >= 15 is 0 Å². The van der Waals surface area contributed by atoms with Crippen LogP contribution in [-0.4, -0.2) is 21.7 Å². The standard InChI is InChI=1S/C8H11IN2O2S/c1-2-14(12,13)11(9)7-8-5-3-4-6-10-8/h3-6H,2,7H2,1H3. The van der Waals surface area contributed by atoms with E-state index in [1.165, 1.54) is 2.52 Å². The summed E-state index contributed by atoms with van der Waals surface area (Å²) in [6.07, 6.45) is 1.65. The van der Waals surface area contributed by atoms with E-state index in [2.05, 4.69) is 4.98 Å². The first-order valence-electron chi connectivity index (χ1n) is 4.12. The van der Waals surface area contributed by atoms with E-state index in [9.17, 15) is 8.42 Å². The second-order valence-corrected chi connectivity index (χ2v) is 6.67. The minimum atomic E-state index is -3.12. The van der Waals surface area contributed by atoms with Crippen LogP contribution in [0.15, 0.2) is 24.4 Å². The lowest BCUT2D eigenvalue weighted by atomic mass is 10.4. The molecule has 0 radical (unpaired) electrons. The van der Waals surface area contributed by atoms with E-state index in [-0.39, 0.29) is 5.75 Å². The Kier molecular flexibility index (Phi) is 4.27. The summed E-state index contributed by atoms with van der Waals surface area (Å²) in [6.45, 7) is 1.94. The van der Waals surface area contributed by atoms with Crippen molar-refractivity contribution < 1.29 is 8.42 Å². The van der Waals surface area contributed by atoms with E-state index in [1.54, 1.807) is 48.1 Å². The average molecular weight is 326 g/mol. The molecule has 0 atom stereocenters. The fourth-order valence-corrected chi connectivity index (χ4v) is 2.65. The summed E-state index contributed by atoms with van der Waals surface area (Å²) >= 11 is 1.79. The molecule has 0 saturated carbocycles. The summed E-state index contributed by atoms with van der Waals surface area (Å²) in [4.78, 5) is 4.06. The smallest absolute Gasteiger partial charge is 0.222 e. The van der Waals surface area contributed by atoms with Gasteiger partial charge in [0.15, 0.2) is 0 Å². The molecule has 78 valence electrons. The highest BCUT2D eigenvalue weighted by Gasteiger charge is 2.17. The third-order valence-electron chi connectivity index (χ3n) is 1.68. The quantitative estimate of drug-likeness (QED) is 0.624. The van der Waals surface area contributed by atoms with Crippen LogP contribution in [-0.2, 0) is 16.6 Å². The Balaban J connectivity index is 2.72. The minimum absolute atomic E-state index is 0.114. The molecule has 1 aromatic rings. The zero-order valence-corrected chi connectivity index (χ0v) is 10.7. The maximum absolute atomic E-state index is 11.4. The number of sulfonamides is 1. The van der Waals surface area contributed by atoms with Gasteiger partial charge in [0, 0.05) is 29.1 Å². The lowest BCUT2D eigenvalue weighted by Crippen LogP contribution is -2.22. The Morgan fingerprint density at radius 1 is 1.50 bits per heavy atom. The number of pyridine rings is 1. The van der Waals surface area contributed by atoms with Gasteiger partial charge in [0.1, 0.15) is 0 Å². The zero-order chi connectivity index (χ0) is 10.6. The molecule has 0 N–H and O–H groups in total. The molecule has 0 aromatic carbocycles. The molecule has 0 aliphatic heterocycles. The zero-order valence-electron chi connectivity index (χ0n) is 7.72. The highest BCUT2D eigenvalue weighted by atomic mass is 127. The van der Waals surface area contributed by atoms with Crippen LogP contribution in [0, 0.1) is 0 Å². The van der Waals surface area contributed by atoms with E-state index in [0.29, 0.717) is 6.54 Å². The SMILES string of the molecule is CCS(=O)(=O)N(I)Cc1ccccn1. The molecule has 0 saturated heterocycles. The van der Waals surface area contributed by atoms with Crippen LogP contribution in [0.25, 0.3) is 0 Å². The maximum Gasteiger partial charge on any atom is 0.222 e. The summed E-state index contributed by atoms with van der Waals surface area (Å²) in [7, 11) is -3.12. The first-order chi connectivity index (χ1) is 6.56. The second kappa shape index (κ2) is 5.04. The molecule has 1 aromatic heterocycles. The van der Waals surface area contributed by atoms with Gasteiger partial charge in [0.25, 0.3) is 0 Å². The normalized spacial score (nSPS) is 11.9. The molecule has 0 spiro atoms. The van der Waals surface area contributed by atoms with Gasteiger partial charge in [-0.05, 0) is 19.1 Å². The first-order valence-corrected chi connectivity index (χ1v) is 6.70. The van der Waals surface area contributed by atoms with Crippen LogP contribution in [0.4, 0.5) is 0 Å². The highest BCUT2D eigenvalue weighted by Crippen LogP contribution is 2.12. The predicted molar refractivity (Wildman–Crippen MR) is 63.3 cm³/mol. The lowest BCUT2D eigenvalue weighted by molar-refractivity contribution is 0.551. The first kappa shape index (κ1) is 11.9. The van der Waals surface area contributed by atoms with Crippen molar-refractivity contribution in [2.75, 3.05) is 5.75 Å². The van der Waals surface area contributed by atoms with E-state index in [0.717, 1.165) is 5.69 Å². The van der Waals surface area contributed by atoms with E-state index < -0.39 is 10.0 Å². The van der Waals surface area contributed by atoms with Crippen molar-refractivity contribution >= 4 is 32.9 Å².